The van der Waals surface area contributed by atoms with Crippen molar-refractivity contribution < 1.29 is 4.79 Å². The smallest absolute Gasteiger partial charge is 0.225 e. The molecule has 3 aliphatic rings. The van der Waals surface area contributed by atoms with E-state index in [0.717, 1.165) is 25.8 Å². The number of fused-ring (bicyclic) bond motifs is 2. The minimum absolute atomic E-state index is 0.346. The predicted molar refractivity (Wildman–Crippen MR) is 76.9 cm³/mol. The molecule has 2 unspecified atom stereocenters. The highest BCUT2D eigenvalue weighted by molar-refractivity contribution is 5.79. The molecule has 2 saturated heterocycles. The molecule has 2 aliphatic heterocycles. The van der Waals surface area contributed by atoms with E-state index in [1.165, 1.54) is 38.5 Å². The summed E-state index contributed by atoms with van der Waals surface area (Å²) in [5, 5.41) is 3.69. The van der Waals surface area contributed by atoms with Crippen molar-refractivity contribution in [3.63, 3.8) is 0 Å². The summed E-state index contributed by atoms with van der Waals surface area (Å²) in [4.78, 5) is 15.0. The first-order chi connectivity index (χ1) is 9.28. The predicted octanol–water partition coefficient (Wildman–Crippen LogP) is 2.70. The normalized spacial score (nSPS) is 34.7. The van der Waals surface area contributed by atoms with Crippen molar-refractivity contribution in [2.75, 3.05) is 6.54 Å². The molecule has 0 radical (unpaired) electrons. The van der Waals surface area contributed by atoms with Gasteiger partial charge < -0.3 is 10.2 Å². The lowest BCUT2D eigenvalue weighted by Gasteiger charge is -2.39. The lowest BCUT2D eigenvalue weighted by atomic mass is 9.95. The SMILES string of the molecule is CCCN(C(=O)C1CCCC1)C1CC2CCC(C1)N2. The number of nitrogens with zero attached hydrogens (tertiary/aromatic N) is 1. The zero-order chi connectivity index (χ0) is 13.2. The van der Waals surface area contributed by atoms with Gasteiger partial charge in [-0.15, -0.1) is 0 Å². The lowest BCUT2D eigenvalue weighted by Crippen LogP contribution is -2.51. The van der Waals surface area contributed by atoms with Crippen molar-refractivity contribution >= 4 is 5.91 Å². The van der Waals surface area contributed by atoms with Gasteiger partial charge in [-0.05, 0) is 44.9 Å². The van der Waals surface area contributed by atoms with Crippen molar-refractivity contribution in [2.24, 2.45) is 5.92 Å². The van der Waals surface area contributed by atoms with E-state index in [4.69, 9.17) is 0 Å². The Morgan fingerprint density at radius 1 is 1.11 bits per heavy atom. The molecule has 3 heteroatoms. The summed E-state index contributed by atoms with van der Waals surface area (Å²) in [5.41, 5.74) is 0. The van der Waals surface area contributed by atoms with E-state index in [0.29, 0.717) is 30.0 Å². The summed E-state index contributed by atoms with van der Waals surface area (Å²) >= 11 is 0. The van der Waals surface area contributed by atoms with Crippen LogP contribution in [0.1, 0.15) is 64.7 Å². The molecule has 19 heavy (non-hydrogen) atoms. The molecule has 2 atom stereocenters. The Hall–Kier alpha value is -0.570. The topological polar surface area (TPSA) is 32.3 Å². The van der Waals surface area contributed by atoms with Crippen LogP contribution in [0.4, 0.5) is 0 Å². The van der Waals surface area contributed by atoms with E-state index in [1.54, 1.807) is 0 Å². The van der Waals surface area contributed by atoms with Gasteiger partial charge in [-0.3, -0.25) is 4.79 Å². The molecule has 1 saturated carbocycles. The highest BCUT2D eigenvalue weighted by Crippen LogP contribution is 2.33. The molecular formula is C16H28N2O. The van der Waals surface area contributed by atoms with Crippen LogP contribution in [0.5, 0.6) is 0 Å². The van der Waals surface area contributed by atoms with E-state index in [9.17, 15) is 4.79 Å². The second-order valence-corrected chi connectivity index (χ2v) is 6.78. The number of piperidine rings is 1. The molecular weight excluding hydrogens is 236 g/mol. The van der Waals surface area contributed by atoms with Crippen LogP contribution >= 0.6 is 0 Å². The standard InChI is InChI=1S/C16H28N2O/c1-2-9-18(16(19)12-5-3-4-6-12)15-10-13-7-8-14(11-15)17-13/h12-15,17H,2-11H2,1H3. The summed E-state index contributed by atoms with van der Waals surface area (Å²) in [6.45, 7) is 3.17. The van der Waals surface area contributed by atoms with Gasteiger partial charge in [0.05, 0.1) is 0 Å². The molecule has 0 spiro atoms. The first-order valence-electron chi connectivity index (χ1n) is 8.34. The molecule has 0 aromatic rings. The van der Waals surface area contributed by atoms with Gasteiger partial charge in [0.25, 0.3) is 0 Å². The van der Waals surface area contributed by atoms with Crippen LogP contribution in [-0.2, 0) is 4.79 Å². The first-order valence-corrected chi connectivity index (χ1v) is 8.34. The average Bonchev–Trinajstić information content (AvgIpc) is 3.05. The molecule has 1 N–H and O–H groups in total. The Balaban J connectivity index is 1.67. The third-order valence-electron chi connectivity index (χ3n) is 5.34. The molecule has 1 amide bonds. The van der Waals surface area contributed by atoms with Crippen molar-refractivity contribution in [3.8, 4) is 0 Å². The maximum absolute atomic E-state index is 12.8. The number of carbonyl (C=O) groups excluding carboxylic acids is 1. The van der Waals surface area contributed by atoms with Crippen LogP contribution < -0.4 is 5.32 Å². The first kappa shape index (κ1) is 13.4. The minimum atomic E-state index is 0.346. The van der Waals surface area contributed by atoms with Crippen LogP contribution in [0.2, 0.25) is 0 Å². The Kier molecular flexibility index (Phi) is 4.11. The van der Waals surface area contributed by atoms with Gasteiger partial charge in [-0.25, -0.2) is 0 Å². The Morgan fingerprint density at radius 3 is 2.32 bits per heavy atom. The lowest BCUT2D eigenvalue weighted by molar-refractivity contribution is -0.138. The van der Waals surface area contributed by atoms with Gasteiger partial charge in [0.1, 0.15) is 0 Å². The van der Waals surface area contributed by atoms with Gasteiger partial charge in [0, 0.05) is 30.6 Å². The zero-order valence-electron chi connectivity index (χ0n) is 12.2. The summed E-state index contributed by atoms with van der Waals surface area (Å²) in [6, 6.07) is 1.88. The highest BCUT2D eigenvalue weighted by Gasteiger charge is 2.39. The fraction of sp³-hybridized carbons (Fsp3) is 0.938. The number of hydrogen-bond acceptors (Lipinski definition) is 2. The summed E-state index contributed by atoms with van der Waals surface area (Å²) in [6.07, 6.45) is 10.9. The maximum Gasteiger partial charge on any atom is 0.225 e. The number of hydrogen-bond donors (Lipinski definition) is 1. The second kappa shape index (κ2) is 5.82. The zero-order valence-corrected chi connectivity index (χ0v) is 12.2. The van der Waals surface area contributed by atoms with E-state index < -0.39 is 0 Å². The molecule has 108 valence electrons. The number of rotatable bonds is 4. The van der Waals surface area contributed by atoms with Crippen LogP contribution in [0.3, 0.4) is 0 Å². The largest absolute Gasteiger partial charge is 0.339 e. The van der Waals surface area contributed by atoms with E-state index in [-0.39, 0.29) is 0 Å². The van der Waals surface area contributed by atoms with Gasteiger partial charge in [0.2, 0.25) is 5.91 Å². The van der Waals surface area contributed by atoms with Crippen LogP contribution in [0.15, 0.2) is 0 Å². The van der Waals surface area contributed by atoms with E-state index >= 15 is 0 Å². The molecule has 2 heterocycles. The summed E-state index contributed by atoms with van der Waals surface area (Å²) in [7, 11) is 0. The number of amides is 1. The maximum atomic E-state index is 12.8. The Bertz CT molecular complexity index is 313. The monoisotopic (exact) mass is 264 g/mol. The van der Waals surface area contributed by atoms with Gasteiger partial charge in [-0.1, -0.05) is 19.8 Å². The summed E-state index contributed by atoms with van der Waals surface area (Å²) < 4.78 is 0. The number of nitrogens with one attached hydrogen (secondary N) is 1. The fourth-order valence-corrected chi connectivity index (χ4v) is 4.40. The quantitative estimate of drug-likeness (QED) is 0.846. The average molecular weight is 264 g/mol. The molecule has 3 nitrogen and oxygen atoms in total. The molecule has 1 aliphatic carbocycles. The molecule has 2 bridgehead atoms. The highest BCUT2D eigenvalue weighted by atomic mass is 16.2. The number of carbonyl (C=O) groups is 1. The van der Waals surface area contributed by atoms with Crippen molar-refractivity contribution in [1.82, 2.24) is 10.2 Å². The van der Waals surface area contributed by atoms with Crippen molar-refractivity contribution in [3.05, 3.63) is 0 Å². The fourth-order valence-electron chi connectivity index (χ4n) is 4.40. The van der Waals surface area contributed by atoms with Crippen molar-refractivity contribution in [1.29, 1.82) is 0 Å². The van der Waals surface area contributed by atoms with Gasteiger partial charge in [0.15, 0.2) is 0 Å². The minimum Gasteiger partial charge on any atom is -0.339 e. The third kappa shape index (κ3) is 2.81. The van der Waals surface area contributed by atoms with Gasteiger partial charge in [-0.2, -0.15) is 0 Å². The van der Waals surface area contributed by atoms with Gasteiger partial charge >= 0.3 is 0 Å². The molecule has 0 aromatic heterocycles. The van der Waals surface area contributed by atoms with E-state index in [2.05, 4.69) is 17.1 Å². The third-order valence-corrected chi connectivity index (χ3v) is 5.34. The van der Waals surface area contributed by atoms with Crippen LogP contribution in [0.25, 0.3) is 0 Å². The summed E-state index contributed by atoms with van der Waals surface area (Å²) in [5.74, 6) is 0.824. The van der Waals surface area contributed by atoms with Crippen molar-refractivity contribution in [2.45, 2.75) is 82.8 Å². The van der Waals surface area contributed by atoms with Crippen LogP contribution in [0, 0.1) is 5.92 Å². The van der Waals surface area contributed by atoms with Crippen LogP contribution in [-0.4, -0.2) is 35.5 Å². The van der Waals surface area contributed by atoms with E-state index in [1.807, 2.05) is 0 Å². The Labute approximate surface area is 117 Å². The second-order valence-electron chi connectivity index (χ2n) is 6.78. The molecule has 3 rings (SSSR count). The molecule has 3 fully saturated rings. The molecule has 0 aromatic carbocycles. The Morgan fingerprint density at radius 2 is 1.74 bits per heavy atom.